The molecule has 114 valence electrons. The van der Waals surface area contributed by atoms with Crippen molar-refractivity contribution >= 4 is 22.7 Å². The molecule has 6 heteroatoms. The normalized spacial score (nSPS) is 12.5. The SMILES string of the molecule is Cc1csc(C(C)Nc2cc(OC(C)C)c(F)cc2N)n1. The molecular formula is C15H20FN3OS. The highest BCUT2D eigenvalue weighted by molar-refractivity contribution is 7.09. The summed E-state index contributed by atoms with van der Waals surface area (Å²) in [7, 11) is 0. The summed E-state index contributed by atoms with van der Waals surface area (Å²) in [5, 5.41) is 6.21. The highest BCUT2D eigenvalue weighted by Gasteiger charge is 2.14. The predicted molar refractivity (Wildman–Crippen MR) is 85.5 cm³/mol. The Hall–Kier alpha value is -1.82. The summed E-state index contributed by atoms with van der Waals surface area (Å²) < 4.78 is 19.3. The van der Waals surface area contributed by atoms with Crippen LogP contribution in [0.4, 0.5) is 15.8 Å². The summed E-state index contributed by atoms with van der Waals surface area (Å²) in [5.41, 5.74) is 7.86. The fourth-order valence-corrected chi connectivity index (χ4v) is 2.71. The first-order chi connectivity index (χ1) is 9.86. The van der Waals surface area contributed by atoms with Crippen LogP contribution in [0.5, 0.6) is 5.75 Å². The average Bonchev–Trinajstić information content (AvgIpc) is 2.81. The molecule has 4 nitrogen and oxygen atoms in total. The number of hydrogen-bond acceptors (Lipinski definition) is 5. The fraction of sp³-hybridized carbons (Fsp3) is 0.400. The lowest BCUT2D eigenvalue weighted by atomic mass is 10.2. The van der Waals surface area contributed by atoms with Crippen LogP contribution in [0.25, 0.3) is 0 Å². The fourth-order valence-electron chi connectivity index (χ4n) is 1.90. The number of anilines is 2. The minimum atomic E-state index is -0.454. The van der Waals surface area contributed by atoms with Crippen LogP contribution in [0, 0.1) is 12.7 Å². The maximum atomic E-state index is 13.8. The average molecular weight is 309 g/mol. The van der Waals surface area contributed by atoms with E-state index in [1.807, 2.05) is 33.1 Å². The number of nitrogen functional groups attached to an aromatic ring is 1. The van der Waals surface area contributed by atoms with Gasteiger partial charge in [-0.3, -0.25) is 0 Å². The molecule has 0 radical (unpaired) electrons. The van der Waals surface area contributed by atoms with Gasteiger partial charge in [0.2, 0.25) is 0 Å². The number of aromatic nitrogens is 1. The molecule has 1 atom stereocenters. The lowest BCUT2D eigenvalue weighted by molar-refractivity contribution is 0.231. The van der Waals surface area contributed by atoms with Crippen LogP contribution in [0.2, 0.25) is 0 Å². The number of hydrogen-bond donors (Lipinski definition) is 2. The zero-order chi connectivity index (χ0) is 15.6. The molecule has 0 bridgehead atoms. The molecule has 0 aliphatic heterocycles. The Kier molecular flexibility index (Phi) is 4.67. The minimum Gasteiger partial charge on any atom is -0.488 e. The molecule has 0 amide bonds. The second-order valence-corrected chi connectivity index (χ2v) is 6.12. The van der Waals surface area contributed by atoms with E-state index in [2.05, 4.69) is 10.3 Å². The van der Waals surface area contributed by atoms with Crippen molar-refractivity contribution in [3.05, 3.63) is 34.0 Å². The van der Waals surface area contributed by atoms with Gasteiger partial charge in [-0.1, -0.05) is 0 Å². The van der Waals surface area contributed by atoms with Gasteiger partial charge in [-0.15, -0.1) is 11.3 Å². The van der Waals surface area contributed by atoms with E-state index in [9.17, 15) is 4.39 Å². The number of ether oxygens (including phenoxy) is 1. The Balaban J connectivity index is 2.22. The number of halogens is 1. The largest absolute Gasteiger partial charge is 0.488 e. The zero-order valence-corrected chi connectivity index (χ0v) is 13.4. The number of nitrogens with two attached hydrogens (primary N) is 1. The van der Waals surface area contributed by atoms with Crippen molar-refractivity contribution in [2.45, 2.75) is 39.8 Å². The minimum absolute atomic E-state index is 0.0108. The summed E-state index contributed by atoms with van der Waals surface area (Å²) >= 11 is 1.58. The molecule has 3 N–H and O–H groups in total. The quantitative estimate of drug-likeness (QED) is 0.815. The van der Waals surface area contributed by atoms with Gasteiger partial charge in [0, 0.05) is 23.2 Å². The third-order valence-electron chi connectivity index (χ3n) is 2.85. The van der Waals surface area contributed by atoms with Crippen LogP contribution in [0.3, 0.4) is 0 Å². The smallest absolute Gasteiger partial charge is 0.167 e. The summed E-state index contributed by atoms with van der Waals surface area (Å²) in [6.45, 7) is 7.64. The van der Waals surface area contributed by atoms with Gasteiger partial charge in [0.25, 0.3) is 0 Å². The van der Waals surface area contributed by atoms with E-state index in [1.54, 1.807) is 17.4 Å². The summed E-state index contributed by atoms with van der Waals surface area (Å²) in [4.78, 5) is 4.43. The van der Waals surface area contributed by atoms with Crippen molar-refractivity contribution in [3.8, 4) is 5.75 Å². The van der Waals surface area contributed by atoms with Crippen LogP contribution >= 0.6 is 11.3 Å². The molecule has 0 aliphatic rings. The molecule has 1 heterocycles. The molecule has 0 fully saturated rings. The molecule has 2 rings (SSSR count). The van der Waals surface area contributed by atoms with Crippen molar-refractivity contribution in [1.29, 1.82) is 0 Å². The Morgan fingerprint density at radius 2 is 2.05 bits per heavy atom. The summed E-state index contributed by atoms with van der Waals surface area (Å²) in [6.07, 6.45) is -0.102. The van der Waals surface area contributed by atoms with Gasteiger partial charge >= 0.3 is 0 Å². The van der Waals surface area contributed by atoms with Crippen molar-refractivity contribution in [1.82, 2.24) is 4.98 Å². The number of rotatable bonds is 5. The van der Waals surface area contributed by atoms with E-state index < -0.39 is 5.82 Å². The number of aryl methyl sites for hydroxylation is 1. The number of thiazole rings is 1. The maximum absolute atomic E-state index is 13.8. The van der Waals surface area contributed by atoms with Crippen molar-refractivity contribution in [3.63, 3.8) is 0 Å². The third-order valence-corrected chi connectivity index (χ3v) is 3.99. The first-order valence-electron chi connectivity index (χ1n) is 6.81. The van der Waals surface area contributed by atoms with Gasteiger partial charge in [0.1, 0.15) is 5.01 Å². The topological polar surface area (TPSA) is 60.2 Å². The van der Waals surface area contributed by atoms with Crippen LogP contribution in [0.15, 0.2) is 17.5 Å². The lowest BCUT2D eigenvalue weighted by Crippen LogP contribution is -2.11. The molecule has 21 heavy (non-hydrogen) atoms. The van der Waals surface area contributed by atoms with E-state index in [4.69, 9.17) is 10.5 Å². The van der Waals surface area contributed by atoms with Crippen LogP contribution in [-0.4, -0.2) is 11.1 Å². The summed E-state index contributed by atoms with van der Waals surface area (Å²) in [6, 6.07) is 2.87. The number of benzene rings is 1. The third kappa shape index (κ3) is 3.85. The summed E-state index contributed by atoms with van der Waals surface area (Å²) in [5.74, 6) is -0.256. The Morgan fingerprint density at radius 1 is 1.33 bits per heavy atom. The zero-order valence-electron chi connectivity index (χ0n) is 12.6. The second kappa shape index (κ2) is 6.30. The molecule has 1 unspecified atom stereocenters. The van der Waals surface area contributed by atoms with E-state index >= 15 is 0 Å². The first kappa shape index (κ1) is 15.6. The Bertz CT molecular complexity index is 627. The molecule has 0 spiro atoms. The molecule has 2 aromatic rings. The molecule has 0 saturated heterocycles. The van der Waals surface area contributed by atoms with Gasteiger partial charge in [-0.2, -0.15) is 0 Å². The van der Waals surface area contributed by atoms with E-state index in [-0.39, 0.29) is 17.9 Å². The van der Waals surface area contributed by atoms with Gasteiger partial charge < -0.3 is 15.8 Å². The lowest BCUT2D eigenvalue weighted by Gasteiger charge is -2.17. The van der Waals surface area contributed by atoms with Gasteiger partial charge in [0.15, 0.2) is 11.6 Å². The second-order valence-electron chi connectivity index (χ2n) is 5.23. The van der Waals surface area contributed by atoms with Crippen LogP contribution in [-0.2, 0) is 0 Å². The monoisotopic (exact) mass is 309 g/mol. The number of nitrogens with zero attached hydrogens (tertiary/aromatic N) is 1. The molecular weight excluding hydrogens is 289 g/mol. The van der Waals surface area contributed by atoms with Crippen molar-refractivity contribution in [2.24, 2.45) is 0 Å². The van der Waals surface area contributed by atoms with Gasteiger partial charge in [0.05, 0.1) is 23.5 Å². The standard InChI is InChI=1S/C15H20FN3OS/c1-8(2)20-14-6-13(12(17)5-11(14)16)19-10(4)15-18-9(3)7-21-15/h5-8,10,19H,17H2,1-4H3. The van der Waals surface area contributed by atoms with Crippen LogP contribution < -0.4 is 15.8 Å². The molecule has 1 aromatic carbocycles. The predicted octanol–water partition coefficient (Wildman–Crippen LogP) is 4.13. The first-order valence-corrected chi connectivity index (χ1v) is 7.69. The molecule has 0 aliphatic carbocycles. The van der Waals surface area contributed by atoms with Gasteiger partial charge in [-0.05, 0) is 27.7 Å². The number of nitrogens with one attached hydrogen (secondary N) is 1. The molecule has 1 aromatic heterocycles. The van der Waals surface area contributed by atoms with E-state index in [0.717, 1.165) is 10.7 Å². The van der Waals surface area contributed by atoms with Crippen molar-refractivity contribution in [2.75, 3.05) is 11.1 Å². The maximum Gasteiger partial charge on any atom is 0.167 e. The highest BCUT2D eigenvalue weighted by Crippen LogP contribution is 2.32. The Labute approximate surface area is 128 Å². The Morgan fingerprint density at radius 3 is 2.62 bits per heavy atom. The van der Waals surface area contributed by atoms with E-state index in [1.165, 1.54) is 6.07 Å². The molecule has 0 saturated carbocycles. The van der Waals surface area contributed by atoms with Crippen molar-refractivity contribution < 1.29 is 9.13 Å². The van der Waals surface area contributed by atoms with E-state index in [0.29, 0.717) is 11.4 Å². The van der Waals surface area contributed by atoms with Gasteiger partial charge in [-0.25, -0.2) is 9.37 Å². The highest BCUT2D eigenvalue weighted by atomic mass is 32.1. The van der Waals surface area contributed by atoms with Crippen LogP contribution in [0.1, 0.15) is 37.5 Å².